The molecule has 0 radical (unpaired) electrons. The zero-order valence-electron chi connectivity index (χ0n) is 43.8. The highest BCUT2D eigenvalue weighted by Gasteiger charge is 2.85. The molecule has 9 aromatic rings. The van der Waals surface area contributed by atoms with E-state index in [0.29, 0.717) is 0 Å². The van der Waals surface area contributed by atoms with Crippen LogP contribution in [0.4, 0.5) is 0 Å². The SMILES string of the molecule is O=C1C2(c3ccccc3)C(c3ccccc3)=C(c3ccccc3)C1(c1ccccc1)C1C3OC(c4cc5c(cc43)=CC3C(C=5)C4OC3C3C4C4(c5ccccc5)C(=O)C3(c3ccccc3)C(c3ccccc3)=C4c3ccccc3)C12. The second kappa shape index (κ2) is 16.1. The number of hydrogen-bond donors (Lipinski definition) is 0. The van der Waals surface area contributed by atoms with Crippen LogP contribution < -0.4 is 10.4 Å². The highest BCUT2D eigenvalue weighted by molar-refractivity contribution is 6.31. The number of ketones is 2. The van der Waals surface area contributed by atoms with E-state index in [1.54, 1.807) is 0 Å². The molecule has 4 heterocycles. The first-order chi connectivity index (χ1) is 39.5. The van der Waals surface area contributed by atoms with Crippen molar-refractivity contribution in [2.24, 2.45) is 35.5 Å². The van der Waals surface area contributed by atoms with Crippen LogP contribution in [0.2, 0.25) is 0 Å². The monoisotopic (exact) mass is 1030 g/mol. The molecular weight excluding hydrogens is 977 g/mol. The molecule has 9 aliphatic rings. The maximum absolute atomic E-state index is 17.1. The number of benzene rings is 9. The zero-order valence-corrected chi connectivity index (χ0v) is 43.8. The maximum atomic E-state index is 17.1. The Morgan fingerprint density at radius 3 is 0.812 bits per heavy atom. The van der Waals surface area contributed by atoms with Crippen LogP contribution in [0.25, 0.3) is 34.4 Å². The number of carbonyl (C=O) groups is 2. The van der Waals surface area contributed by atoms with Gasteiger partial charge < -0.3 is 9.47 Å². The van der Waals surface area contributed by atoms with E-state index >= 15 is 9.59 Å². The van der Waals surface area contributed by atoms with Crippen LogP contribution in [-0.4, -0.2) is 23.8 Å². The summed E-state index contributed by atoms with van der Waals surface area (Å²) >= 11 is 0. The lowest BCUT2D eigenvalue weighted by molar-refractivity contribution is -0.126. The fourth-order valence-electron chi connectivity index (χ4n) is 19.1. The normalized spacial score (nSPS) is 33.8. The first kappa shape index (κ1) is 45.3. The Balaban J connectivity index is 0.858. The smallest absolute Gasteiger partial charge is 0.163 e. The Labute approximate surface area is 465 Å². The summed E-state index contributed by atoms with van der Waals surface area (Å²) in [5, 5.41) is 2.36. The molecule has 4 nitrogen and oxygen atoms in total. The van der Waals surface area contributed by atoms with Crippen molar-refractivity contribution in [3.8, 4) is 0 Å². The van der Waals surface area contributed by atoms with Crippen molar-refractivity contribution >= 4 is 46.0 Å². The zero-order chi connectivity index (χ0) is 52.7. The van der Waals surface area contributed by atoms with Crippen LogP contribution in [0, 0.1) is 35.5 Å². The Hall–Kier alpha value is -8.54. The highest BCUT2D eigenvalue weighted by atomic mass is 16.5. The quantitative estimate of drug-likeness (QED) is 0.152. The van der Waals surface area contributed by atoms with Gasteiger partial charge in [-0.25, -0.2) is 0 Å². The third-order valence-electron chi connectivity index (χ3n) is 21.3. The van der Waals surface area contributed by atoms with Crippen LogP contribution in [0.3, 0.4) is 0 Å². The molecule has 18 rings (SSSR count). The summed E-state index contributed by atoms with van der Waals surface area (Å²) in [5.74, 6) is -0.0946. The predicted molar refractivity (Wildman–Crippen MR) is 313 cm³/mol. The van der Waals surface area contributed by atoms with E-state index in [1.165, 1.54) is 21.6 Å². The van der Waals surface area contributed by atoms with E-state index in [2.05, 4.69) is 267 Å². The van der Waals surface area contributed by atoms with Crippen LogP contribution >= 0.6 is 0 Å². The summed E-state index contributed by atoms with van der Waals surface area (Å²) in [5.41, 5.74) is 11.2. The van der Waals surface area contributed by atoms with E-state index in [-0.39, 0.29) is 71.5 Å². The molecule has 9 aromatic carbocycles. The van der Waals surface area contributed by atoms with Gasteiger partial charge in [-0.15, -0.1) is 0 Å². The molecule has 14 unspecified atom stereocenters. The van der Waals surface area contributed by atoms with Gasteiger partial charge in [-0.05, 0) is 100 Å². The average molecular weight is 1030 g/mol. The molecule has 80 heavy (non-hydrogen) atoms. The predicted octanol–water partition coefficient (Wildman–Crippen LogP) is 13.0. The molecule has 14 atom stereocenters. The molecule has 0 amide bonds. The topological polar surface area (TPSA) is 52.6 Å². The van der Waals surface area contributed by atoms with Crippen LogP contribution in [0.15, 0.2) is 255 Å². The standard InChI is InChI=1S/C76H54O4/c77-71-73(51-33-17-5-18-34-51)59(45-25-9-1-10-26-45)60(46-27-11-2-12-28-46)74(71,52-35-19-6-20-36-52)64-63(73)67-55-41-49-43-57-58(44-50(49)42-56(55)68(64)79-67)70-66-65(69(57)80-70)75(53-37-21-7-22-38-53)61(47-29-13-3-14-30-47)62(48-31-15-4-16-32-48)76(66,72(75)78)54-39-23-8-24-40-54/h1-44,55-56,63-70H. The number of ether oxygens (including phenoxy) is 2. The number of carbonyl (C=O) groups excluding carboxylic acids is 2. The number of rotatable bonds is 8. The van der Waals surface area contributed by atoms with E-state index in [9.17, 15) is 0 Å². The number of fused-ring (bicyclic) bond motifs is 25. The van der Waals surface area contributed by atoms with Gasteiger partial charge in [0.2, 0.25) is 0 Å². The van der Waals surface area contributed by atoms with Gasteiger partial charge in [-0.3, -0.25) is 9.59 Å². The third-order valence-corrected chi connectivity index (χ3v) is 21.3. The first-order valence-electron chi connectivity index (χ1n) is 28.8. The lowest BCUT2D eigenvalue weighted by atomic mass is 9.51. The Morgan fingerprint density at radius 2 is 0.537 bits per heavy atom. The fourth-order valence-corrected chi connectivity index (χ4v) is 19.1. The molecule has 5 aliphatic carbocycles. The van der Waals surface area contributed by atoms with Crippen molar-refractivity contribution < 1.29 is 19.1 Å². The van der Waals surface area contributed by atoms with Gasteiger partial charge >= 0.3 is 0 Å². The minimum atomic E-state index is -1.02. The largest absolute Gasteiger partial charge is 0.373 e. The average Bonchev–Trinajstić information content (AvgIpc) is 3.80. The Kier molecular flexibility index (Phi) is 9.11. The van der Waals surface area contributed by atoms with Crippen LogP contribution in [0.5, 0.6) is 0 Å². The van der Waals surface area contributed by atoms with Gasteiger partial charge in [-0.1, -0.05) is 255 Å². The molecule has 382 valence electrons. The van der Waals surface area contributed by atoms with Crippen molar-refractivity contribution in [2.75, 3.05) is 0 Å². The Bertz CT molecular complexity index is 4010. The summed E-state index contributed by atoms with van der Waals surface area (Å²) in [6.45, 7) is 0. The van der Waals surface area contributed by atoms with Crippen molar-refractivity contribution in [1.29, 1.82) is 0 Å². The second-order valence-corrected chi connectivity index (χ2v) is 24.1. The second-order valence-electron chi connectivity index (χ2n) is 24.1. The molecule has 0 N–H and O–H groups in total. The molecule has 5 fully saturated rings. The summed E-state index contributed by atoms with van der Waals surface area (Å²) < 4.78 is 15.3. The van der Waals surface area contributed by atoms with Gasteiger partial charge in [0.05, 0.1) is 46.1 Å². The Morgan fingerprint density at radius 1 is 0.287 bits per heavy atom. The van der Waals surface area contributed by atoms with Crippen LogP contribution in [-0.2, 0) is 40.7 Å². The van der Waals surface area contributed by atoms with Gasteiger partial charge in [0.15, 0.2) is 11.6 Å². The van der Waals surface area contributed by atoms with E-state index < -0.39 is 21.7 Å². The molecule has 3 saturated heterocycles. The lowest BCUT2D eigenvalue weighted by Crippen LogP contribution is -2.52. The van der Waals surface area contributed by atoms with Gasteiger partial charge in [0.25, 0.3) is 0 Å². The van der Waals surface area contributed by atoms with Gasteiger partial charge in [0.1, 0.15) is 0 Å². The third kappa shape index (κ3) is 5.15. The minimum Gasteiger partial charge on any atom is -0.373 e. The molecule has 4 heteroatoms. The summed E-state index contributed by atoms with van der Waals surface area (Å²) in [7, 11) is 0. The highest BCUT2D eigenvalue weighted by Crippen LogP contribution is 2.82. The summed E-state index contributed by atoms with van der Waals surface area (Å²) in [6.07, 6.45) is 3.89. The molecule has 8 bridgehead atoms. The number of allylic oxidation sites excluding steroid dienone is 4. The summed E-state index contributed by atoms with van der Waals surface area (Å²) in [6, 6.07) is 90.6. The van der Waals surface area contributed by atoms with Crippen molar-refractivity contribution in [3.05, 3.63) is 321 Å². The van der Waals surface area contributed by atoms with Crippen molar-refractivity contribution in [2.45, 2.75) is 46.1 Å². The summed E-state index contributed by atoms with van der Waals surface area (Å²) in [4.78, 5) is 34.1. The molecular formula is C76H54O4. The molecule has 4 aliphatic heterocycles. The number of hydrogen-bond acceptors (Lipinski definition) is 4. The minimum absolute atomic E-state index is 0.0268. The molecule has 2 saturated carbocycles. The van der Waals surface area contributed by atoms with Gasteiger partial charge in [0, 0.05) is 35.5 Å². The molecule has 0 aromatic heterocycles. The lowest BCUT2D eigenvalue weighted by Gasteiger charge is -2.48. The van der Waals surface area contributed by atoms with E-state index in [1.807, 2.05) is 0 Å². The van der Waals surface area contributed by atoms with E-state index in [4.69, 9.17) is 9.47 Å². The number of Topliss-reactive ketones (excluding diaryl/α,β-unsaturated/α-hetero) is 2. The van der Waals surface area contributed by atoms with Gasteiger partial charge in [-0.2, -0.15) is 0 Å². The fraction of sp³-hybridized carbons (Fsp3) is 0.184. The van der Waals surface area contributed by atoms with Crippen molar-refractivity contribution in [3.63, 3.8) is 0 Å². The van der Waals surface area contributed by atoms with Crippen LogP contribution in [0.1, 0.15) is 67.8 Å². The molecule has 0 spiro atoms. The van der Waals surface area contributed by atoms with Crippen molar-refractivity contribution in [1.82, 2.24) is 0 Å². The van der Waals surface area contributed by atoms with E-state index in [0.717, 1.165) is 66.8 Å². The maximum Gasteiger partial charge on any atom is 0.163 e. The first-order valence-corrected chi connectivity index (χ1v) is 28.8.